The normalized spacial score (nSPS) is 11.6. The summed E-state index contributed by atoms with van der Waals surface area (Å²) in [5.41, 5.74) is 18.2. The largest absolute Gasteiger partial charge is 0.310 e. The molecule has 0 unspecified atom stereocenters. The van der Waals surface area contributed by atoms with Gasteiger partial charge in [-0.05, 0) is 77.9 Å². The first-order chi connectivity index (χ1) is 26.8. The van der Waals surface area contributed by atoms with E-state index in [1.54, 1.807) is 0 Å². The smallest absolute Gasteiger partial charge is 0.161 e. The van der Waals surface area contributed by atoms with Crippen LogP contribution in [0.4, 0.5) is 0 Å². The lowest BCUT2D eigenvalue weighted by Gasteiger charge is -2.22. The van der Waals surface area contributed by atoms with Crippen molar-refractivity contribution in [3.8, 4) is 40.0 Å². The van der Waals surface area contributed by atoms with E-state index in [-0.39, 0.29) is 0 Å². The predicted octanol–water partition coefficient (Wildman–Crippen LogP) is 2.32. The summed E-state index contributed by atoms with van der Waals surface area (Å²) >= 11 is 0. The van der Waals surface area contributed by atoms with Gasteiger partial charge >= 0.3 is 0 Å². The lowest BCUT2D eigenvalue weighted by molar-refractivity contribution is 1.17. The first kappa shape index (κ1) is 32.9. The molecule has 0 saturated heterocycles. The van der Waals surface area contributed by atoms with Crippen molar-refractivity contribution in [3.63, 3.8) is 0 Å². The third-order valence-electron chi connectivity index (χ3n) is 12.0. The van der Waals surface area contributed by atoms with E-state index in [4.69, 9.17) is 4.98 Å². The molecule has 0 aliphatic carbocycles. The second-order valence-electron chi connectivity index (χ2n) is 14.7. The number of aromatic nitrogens is 4. The van der Waals surface area contributed by atoms with E-state index in [1.165, 1.54) is 76.7 Å². The van der Waals surface area contributed by atoms with Crippen LogP contribution in [-0.2, 0) is 0 Å². The maximum Gasteiger partial charge on any atom is 0.161 e. The molecule has 7 aromatic carbocycles. The Kier molecular flexibility index (Phi) is 7.44. The highest BCUT2D eigenvalue weighted by atomic mass is 15.0. The second kappa shape index (κ2) is 12.4. The molecule has 0 amide bonds. The van der Waals surface area contributed by atoms with Gasteiger partial charge in [-0.3, -0.25) is 0 Å². The molecule has 10 aromatic rings. The fourth-order valence-corrected chi connectivity index (χ4v) is 8.69. The van der Waals surface area contributed by atoms with E-state index in [2.05, 4.69) is 156 Å². The predicted molar refractivity (Wildman–Crippen MR) is 245 cm³/mol. The molecule has 0 radical (unpaired) electrons. The molecule has 0 spiro atoms. The molecule has 3 heterocycles. The van der Waals surface area contributed by atoms with Gasteiger partial charge in [0.15, 0.2) is 11.5 Å². The summed E-state index contributed by atoms with van der Waals surface area (Å²) in [6.45, 7) is 0. The molecule has 0 atom stereocenters. The maximum atomic E-state index is 9.81. The van der Waals surface area contributed by atoms with Gasteiger partial charge in [-0.25, -0.2) is 9.97 Å². The Bertz CT molecular complexity index is 3260. The number of fused-ring (bicyclic) bond motifs is 7. The molecule has 0 N–H and O–H groups in total. The molecule has 10 heteroatoms. The maximum absolute atomic E-state index is 9.81. The Labute approximate surface area is 323 Å². The van der Waals surface area contributed by atoms with Crippen molar-refractivity contribution < 1.29 is 0 Å². The van der Waals surface area contributed by atoms with E-state index in [9.17, 15) is 5.26 Å². The zero-order chi connectivity index (χ0) is 37.5. The standard InChI is InChI=1S/C45H32B5N5/c46-39-40(47)42(49)44(43(50)41(39)48)55-36-12-6-2-7-28(36)30-19-15-26(22-38(30)55)25-16-20-37-32(21-25)29-8-3-5-11-35(29)54(37)27-17-13-24(14-18-27)45-52-33-10-4-1-9-31(33)34(23-51)53-45/h1-22H,46-50H2. The second-order valence-corrected chi connectivity index (χ2v) is 14.7. The van der Waals surface area contributed by atoms with Crippen LogP contribution in [0.5, 0.6) is 0 Å². The Morgan fingerprint density at radius 1 is 0.436 bits per heavy atom. The average Bonchev–Trinajstić information content (AvgIpc) is 3.74. The van der Waals surface area contributed by atoms with Gasteiger partial charge in [0.25, 0.3) is 0 Å². The van der Waals surface area contributed by atoms with Crippen LogP contribution in [0, 0.1) is 11.3 Å². The van der Waals surface area contributed by atoms with Crippen LogP contribution in [-0.4, -0.2) is 58.3 Å². The van der Waals surface area contributed by atoms with E-state index in [0.717, 1.165) is 33.2 Å². The summed E-state index contributed by atoms with van der Waals surface area (Å²) in [5, 5.41) is 15.5. The van der Waals surface area contributed by atoms with Gasteiger partial charge in [0.05, 0.1) is 27.6 Å². The summed E-state index contributed by atoms with van der Waals surface area (Å²) in [7, 11) is 11.3. The number of benzene rings is 7. The molecule has 252 valence electrons. The number of hydrogen-bond donors (Lipinski definition) is 0. The van der Waals surface area contributed by atoms with Crippen LogP contribution >= 0.6 is 0 Å². The first-order valence-corrected chi connectivity index (χ1v) is 18.7. The third kappa shape index (κ3) is 4.93. The van der Waals surface area contributed by atoms with E-state index in [0.29, 0.717) is 11.5 Å². The highest BCUT2D eigenvalue weighted by molar-refractivity contribution is 6.68. The lowest BCUT2D eigenvalue weighted by Crippen LogP contribution is -2.56. The Balaban J connectivity index is 1.12. The van der Waals surface area contributed by atoms with Crippen molar-refractivity contribution in [2.75, 3.05) is 0 Å². The van der Waals surface area contributed by atoms with Crippen LogP contribution in [0.1, 0.15) is 5.69 Å². The topological polar surface area (TPSA) is 59.4 Å². The Hall–Kier alpha value is -6.71. The zero-order valence-electron chi connectivity index (χ0n) is 31.4. The van der Waals surface area contributed by atoms with Gasteiger partial charge in [-0.2, -0.15) is 5.26 Å². The quantitative estimate of drug-likeness (QED) is 0.266. The summed E-state index contributed by atoms with van der Waals surface area (Å²) in [4.78, 5) is 9.40. The zero-order valence-corrected chi connectivity index (χ0v) is 31.4. The van der Waals surface area contributed by atoms with Crippen molar-refractivity contribution >= 4 is 121 Å². The molecule has 3 aromatic heterocycles. The van der Waals surface area contributed by atoms with E-state index in [1.807, 2.05) is 36.4 Å². The highest BCUT2D eigenvalue weighted by Gasteiger charge is 2.20. The van der Waals surface area contributed by atoms with Crippen LogP contribution < -0.4 is 27.3 Å². The summed E-state index contributed by atoms with van der Waals surface area (Å²) < 4.78 is 4.82. The number of hydrogen-bond acceptors (Lipinski definition) is 3. The number of nitriles is 1. The summed E-state index contributed by atoms with van der Waals surface area (Å²) in [5.74, 6) is 0.544. The van der Waals surface area contributed by atoms with Gasteiger partial charge in [0.1, 0.15) is 45.3 Å². The summed E-state index contributed by atoms with van der Waals surface area (Å²) in [6.07, 6.45) is 0. The third-order valence-corrected chi connectivity index (χ3v) is 12.0. The molecule has 10 rings (SSSR count). The average molecular weight is 697 g/mol. The number of para-hydroxylation sites is 3. The molecule has 0 bridgehead atoms. The van der Waals surface area contributed by atoms with Crippen LogP contribution in [0.3, 0.4) is 0 Å². The number of nitrogens with zero attached hydrogens (tertiary/aromatic N) is 5. The lowest BCUT2D eigenvalue weighted by atomic mass is 9.61. The van der Waals surface area contributed by atoms with Crippen molar-refractivity contribution in [1.82, 2.24) is 19.1 Å². The molecular formula is C45H32B5N5. The van der Waals surface area contributed by atoms with Crippen molar-refractivity contribution in [2.45, 2.75) is 0 Å². The molecular weight excluding hydrogens is 665 g/mol. The molecule has 55 heavy (non-hydrogen) atoms. The first-order valence-electron chi connectivity index (χ1n) is 18.7. The van der Waals surface area contributed by atoms with E-state index < -0.39 is 0 Å². The molecule has 0 aliphatic rings. The van der Waals surface area contributed by atoms with Gasteiger partial charge in [-0.15, -0.1) is 5.46 Å². The minimum atomic E-state index is 0.383. The summed E-state index contributed by atoms with van der Waals surface area (Å²) in [6, 6.07) is 49.5. The molecule has 0 fully saturated rings. The van der Waals surface area contributed by atoms with Crippen molar-refractivity contribution in [2.24, 2.45) is 0 Å². The van der Waals surface area contributed by atoms with Crippen molar-refractivity contribution in [3.05, 3.63) is 139 Å². The Morgan fingerprint density at radius 3 is 1.67 bits per heavy atom. The van der Waals surface area contributed by atoms with Crippen LogP contribution in [0.2, 0.25) is 0 Å². The van der Waals surface area contributed by atoms with E-state index >= 15 is 0 Å². The molecule has 5 nitrogen and oxygen atoms in total. The monoisotopic (exact) mass is 697 g/mol. The Morgan fingerprint density at radius 2 is 0.964 bits per heavy atom. The van der Waals surface area contributed by atoms with Crippen LogP contribution in [0.15, 0.2) is 133 Å². The minimum Gasteiger partial charge on any atom is -0.310 e. The fraction of sp³-hybridized carbons (Fsp3) is 0. The van der Waals surface area contributed by atoms with Crippen molar-refractivity contribution in [1.29, 1.82) is 5.26 Å². The molecule has 0 saturated carbocycles. The highest BCUT2D eigenvalue weighted by Crippen LogP contribution is 2.38. The van der Waals surface area contributed by atoms with Gasteiger partial charge in [0.2, 0.25) is 0 Å². The number of rotatable bonds is 4. The van der Waals surface area contributed by atoms with Gasteiger partial charge in [-0.1, -0.05) is 88.6 Å². The van der Waals surface area contributed by atoms with Gasteiger partial charge in [0, 0.05) is 43.9 Å². The SMILES string of the molecule is Bc1c(B)c(B)c(-n2c3ccccc3c3ccc(-c4ccc5c(c4)c4ccccc4n5-c4ccc(-c5nc(C#N)c6ccccc6n5)cc4)cc32)c(B)c1B. The van der Waals surface area contributed by atoms with Gasteiger partial charge < -0.3 is 9.13 Å². The molecule has 0 aliphatic heterocycles. The van der Waals surface area contributed by atoms with Crippen LogP contribution in [0.25, 0.3) is 88.4 Å². The fourth-order valence-electron chi connectivity index (χ4n) is 8.69. The minimum absolute atomic E-state index is 0.383.